The monoisotopic (exact) mass is 351 g/mol. The average molecular weight is 351 g/mol. The van der Waals surface area contributed by atoms with Gasteiger partial charge in [0.05, 0.1) is 11.3 Å². The van der Waals surface area contributed by atoms with Gasteiger partial charge in [-0.05, 0) is 42.9 Å². The highest BCUT2D eigenvalue weighted by molar-refractivity contribution is 5.54. The van der Waals surface area contributed by atoms with E-state index in [1.54, 1.807) is 6.07 Å². The van der Waals surface area contributed by atoms with Crippen molar-refractivity contribution in [1.82, 2.24) is 9.88 Å². The van der Waals surface area contributed by atoms with E-state index in [1.807, 2.05) is 0 Å². The van der Waals surface area contributed by atoms with Gasteiger partial charge in [-0.2, -0.15) is 13.2 Å². The third kappa shape index (κ3) is 3.30. The predicted molar refractivity (Wildman–Crippen MR) is 86.4 cm³/mol. The largest absolute Gasteiger partial charge is 0.444 e. The van der Waals surface area contributed by atoms with E-state index in [1.165, 1.54) is 18.8 Å². The number of alkyl halides is 3. The minimum Gasteiger partial charge on any atom is -0.444 e. The molecule has 1 saturated carbocycles. The van der Waals surface area contributed by atoms with E-state index in [2.05, 4.69) is 9.88 Å². The molecule has 3 atom stereocenters. The fourth-order valence-electron chi connectivity index (χ4n) is 4.10. The van der Waals surface area contributed by atoms with Crippen LogP contribution in [0.25, 0.3) is 11.5 Å². The van der Waals surface area contributed by atoms with Gasteiger partial charge in [0.2, 0.25) is 5.89 Å². The van der Waals surface area contributed by atoms with Crippen molar-refractivity contribution in [2.45, 2.75) is 31.6 Å². The number of nitrogens with two attached hydrogens (primary N) is 1. The Morgan fingerprint density at radius 3 is 2.84 bits per heavy atom. The molecule has 4 rings (SSSR count). The summed E-state index contributed by atoms with van der Waals surface area (Å²) in [5.41, 5.74) is 6.52. The van der Waals surface area contributed by atoms with Crippen LogP contribution in [0.15, 0.2) is 34.9 Å². The highest BCUT2D eigenvalue weighted by Crippen LogP contribution is 2.37. The average Bonchev–Trinajstić information content (AvgIpc) is 3.26. The first-order valence-electron chi connectivity index (χ1n) is 8.50. The third-order valence-corrected chi connectivity index (χ3v) is 5.36. The molecule has 1 aliphatic carbocycles. The molecular formula is C18H20F3N3O. The van der Waals surface area contributed by atoms with E-state index in [-0.39, 0.29) is 11.9 Å². The van der Waals surface area contributed by atoms with Crippen LogP contribution in [0, 0.1) is 11.8 Å². The second-order valence-corrected chi connectivity index (χ2v) is 7.08. The maximum atomic E-state index is 12.8. The SMILES string of the molecule is NC1CCC2CN(Cc3coc(-c4cccc(C(F)(F)F)c4)n3)CC12. The molecule has 7 heteroatoms. The van der Waals surface area contributed by atoms with Crippen molar-refractivity contribution in [3.05, 3.63) is 41.8 Å². The summed E-state index contributed by atoms with van der Waals surface area (Å²) in [4.78, 5) is 6.68. The molecule has 1 aromatic heterocycles. The first kappa shape index (κ1) is 16.6. The van der Waals surface area contributed by atoms with Crippen LogP contribution >= 0.6 is 0 Å². The number of fused-ring (bicyclic) bond motifs is 1. The summed E-state index contributed by atoms with van der Waals surface area (Å²) in [6.45, 7) is 2.60. The van der Waals surface area contributed by atoms with E-state index >= 15 is 0 Å². The molecule has 4 nitrogen and oxygen atoms in total. The molecule has 134 valence electrons. The fraction of sp³-hybridized carbons (Fsp3) is 0.500. The molecule has 2 N–H and O–H groups in total. The molecule has 2 fully saturated rings. The predicted octanol–water partition coefficient (Wildman–Crippen LogP) is 3.53. The molecule has 3 unspecified atom stereocenters. The van der Waals surface area contributed by atoms with Crippen LogP contribution < -0.4 is 5.73 Å². The smallest absolute Gasteiger partial charge is 0.416 e. The quantitative estimate of drug-likeness (QED) is 0.919. The molecule has 1 aromatic carbocycles. The number of halogens is 3. The second kappa shape index (κ2) is 6.14. The van der Waals surface area contributed by atoms with Gasteiger partial charge >= 0.3 is 6.18 Å². The van der Waals surface area contributed by atoms with E-state index in [4.69, 9.17) is 10.2 Å². The molecule has 1 saturated heterocycles. The van der Waals surface area contributed by atoms with Gasteiger partial charge in [0, 0.05) is 31.2 Å². The molecule has 2 aliphatic rings. The first-order valence-corrected chi connectivity index (χ1v) is 8.50. The Kier molecular flexibility index (Phi) is 4.08. The lowest BCUT2D eigenvalue weighted by molar-refractivity contribution is -0.137. The number of aromatic nitrogens is 1. The zero-order valence-electron chi connectivity index (χ0n) is 13.7. The van der Waals surface area contributed by atoms with Crippen LogP contribution in [0.5, 0.6) is 0 Å². The van der Waals surface area contributed by atoms with Crippen molar-refractivity contribution >= 4 is 0 Å². The molecule has 2 aromatic rings. The molecule has 2 heterocycles. The maximum Gasteiger partial charge on any atom is 0.416 e. The highest BCUT2D eigenvalue weighted by Gasteiger charge is 2.40. The van der Waals surface area contributed by atoms with Gasteiger partial charge in [-0.3, -0.25) is 4.90 Å². The summed E-state index contributed by atoms with van der Waals surface area (Å²) in [5.74, 6) is 1.43. The van der Waals surface area contributed by atoms with E-state index in [0.717, 1.165) is 37.3 Å². The third-order valence-electron chi connectivity index (χ3n) is 5.36. The van der Waals surface area contributed by atoms with Crippen LogP contribution in [0.3, 0.4) is 0 Å². The zero-order valence-corrected chi connectivity index (χ0v) is 13.7. The van der Waals surface area contributed by atoms with E-state index < -0.39 is 11.7 Å². The summed E-state index contributed by atoms with van der Waals surface area (Å²) in [6.07, 6.45) is -0.565. The van der Waals surface area contributed by atoms with Crippen molar-refractivity contribution < 1.29 is 17.6 Å². The van der Waals surface area contributed by atoms with Crippen LogP contribution in [-0.2, 0) is 12.7 Å². The second-order valence-electron chi connectivity index (χ2n) is 7.08. The standard InChI is InChI=1S/C18H20F3N3O/c19-18(20,21)13-3-1-2-11(6-13)17-23-14(10-25-17)8-24-7-12-4-5-16(22)15(12)9-24/h1-3,6,10,12,15-16H,4-5,7-9,22H2. The molecular weight excluding hydrogens is 331 g/mol. The molecule has 0 spiro atoms. The lowest BCUT2D eigenvalue weighted by atomic mass is 9.98. The molecule has 0 amide bonds. The van der Waals surface area contributed by atoms with Crippen molar-refractivity contribution in [3.8, 4) is 11.5 Å². The number of nitrogens with zero attached hydrogens (tertiary/aromatic N) is 2. The Morgan fingerprint density at radius 2 is 2.08 bits per heavy atom. The summed E-state index contributed by atoms with van der Waals surface area (Å²) in [5, 5.41) is 0. The Labute approximate surface area is 143 Å². The van der Waals surface area contributed by atoms with E-state index in [9.17, 15) is 13.2 Å². The van der Waals surface area contributed by atoms with Gasteiger partial charge in [0.15, 0.2) is 0 Å². The number of rotatable bonds is 3. The minimum absolute atomic E-state index is 0.220. The lowest BCUT2D eigenvalue weighted by Gasteiger charge is -2.16. The molecule has 0 radical (unpaired) electrons. The summed E-state index contributed by atoms with van der Waals surface area (Å²) < 4.78 is 43.9. The van der Waals surface area contributed by atoms with Gasteiger partial charge in [0.25, 0.3) is 0 Å². The Hall–Kier alpha value is -1.86. The summed E-state index contributed by atoms with van der Waals surface area (Å²) >= 11 is 0. The van der Waals surface area contributed by atoms with Gasteiger partial charge < -0.3 is 10.2 Å². The van der Waals surface area contributed by atoms with Gasteiger partial charge in [-0.15, -0.1) is 0 Å². The Balaban J connectivity index is 1.46. The van der Waals surface area contributed by atoms with Crippen LogP contribution in [0.2, 0.25) is 0 Å². The van der Waals surface area contributed by atoms with Crippen molar-refractivity contribution in [3.63, 3.8) is 0 Å². The van der Waals surface area contributed by atoms with Crippen LogP contribution in [-0.4, -0.2) is 29.0 Å². The van der Waals surface area contributed by atoms with Gasteiger partial charge in [0.1, 0.15) is 6.26 Å². The molecule has 1 aliphatic heterocycles. The van der Waals surface area contributed by atoms with Crippen molar-refractivity contribution in [2.75, 3.05) is 13.1 Å². The van der Waals surface area contributed by atoms with E-state index in [0.29, 0.717) is 23.9 Å². The normalized spacial score (nSPS) is 27.0. The Bertz CT molecular complexity index is 758. The maximum absolute atomic E-state index is 12.8. The topological polar surface area (TPSA) is 55.3 Å². The summed E-state index contributed by atoms with van der Waals surface area (Å²) in [7, 11) is 0. The Morgan fingerprint density at radius 1 is 1.24 bits per heavy atom. The van der Waals surface area contributed by atoms with Crippen LogP contribution in [0.1, 0.15) is 24.1 Å². The van der Waals surface area contributed by atoms with Crippen molar-refractivity contribution in [1.29, 1.82) is 0 Å². The number of benzene rings is 1. The summed E-state index contributed by atoms with van der Waals surface area (Å²) in [6, 6.07) is 5.33. The molecule has 0 bridgehead atoms. The van der Waals surface area contributed by atoms with Gasteiger partial charge in [-0.1, -0.05) is 6.07 Å². The van der Waals surface area contributed by atoms with Crippen LogP contribution in [0.4, 0.5) is 13.2 Å². The minimum atomic E-state index is -4.38. The van der Waals surface area contributed by atoms with Gasteiger partial charge in [-0.25, -0.2) is 4.98 Å². The first-order chi connectivity index (χ1) is 11.9. The lowest BCUT2D eigenvalue weighted by Crippen LogP contribution is -2.30. The fourth-order valence-corrected chi connectivity index (χ4v) is 4.10. The number of likely N-dealkylation sites (tertiary alicyclic amines) is 1. The molecule has 25 heavy (non-hydrogen) atoms. The number of hydrogen-bond donors (Lipinski definition) is 1. The number of oxazole rings is 1. The highest BCUT2D eigenvalue weighted by atomic mass is 19.4. The zero-order chi connectivity index (χ0) is 17.6. The van der Waals surface area contributed by atoms with Crippen molar-refractivity contribution in [2.24, 2.45) is 17.6 Å². The number of hydrogen-bond acceptors (Lipinski definition) is 4.